The summed E-state index contributed by atoms with van der Waals surface area (Å²) in [6.45, 7) is 6.02. The van der Waals surface area contributed by atoms with Gasteiger partial charge in [-0.3, -0.25) is 4.90 Å². The van der Waals surface area contributed by atoms with Gasteiger partial charge in [0.25, 0.3) is 5.88 Å². The van der Waals surface area contributed by atoms with Crippen LogP contribution in [0.2, 0.25) is 0 Å². The van der Waals surface area contributed by atoms with E-state index in [1.807, 2.05) is 26.4 Å². The highest BCUT2D eigenvalue weighted by Gasteiger charge is 2.33. The van der Waals surface area contributed by atoms with Gasteiger partial charge in [-0.15, -0.1) is 0 Å². The van der Waals surface area contributed by atoms with E-state index in [9.17, 15) is 0 Å². The molecule has 0 aromatic carbocycles. The third-order valence-electron chi connectivity index (χ3n) is 5.03. The van der Waals surface area contributed by atoms with Gasteiger partial charge in [0.15, 0.2) is 5.82 Å². The maximum absolute atomic E-state index is 5.86. The monoisotopic (exact) mass is 358 g/mol. The van der Waals surface area contributed by atoms with Crippen LogP contribution in [0.5, 0.6) is 5.88 Å². The number of aromatic nitrogens is 4. The fourth-order valence-electron chi connectivity index (χ4n) is 3.89. The van der Waals surface area contributed by atoms with Crippen LogP contribution in [0.25, 0.3) is 0 Å². The fourth-order valence-corrected chi connectivity index (χ4v) is 3.89. The molecule has 0 amide bonds. The highest BCUT2D eigenvalue weighted by atomic mass is 16.5. The topological polar surface area (TPSA) is 59.3 Å². The lowest BCUT2D eigenvalue weighted by Gasteiger charge is -2.41. The molecule has 0 bridgehead atoms. The van der Waals surface area contributed by atoms with Gasteiger partial charge < -0.3 is 14.2 Å². The summed E-state index contributed by atoms with van der Waals surface area (Å²) in [7, 11) is 6.36. The molecule has 2 atom stereocenters. The van der Waals surface area contributed by atoms with E-state index in [2.05, 4.69) is 50.5 Å². The lowest BCUT2D eigenvalue weighted by Crippen LogP contribution is -2.42. The number of hydrogen-bond donors (Lipinski definition) is 0. The van der Waals surface area contributed by atoms with E-state index in [1.54, 1.807) is 12.4 Å². The maximum atomic E-state index is 5.86. The van der Waals surface area contributed by atoms with E-state index in [0.717, 1.165) is 18.9 Å². The SMILES string of the molecule is CC(C)Oc1nccnc1N(C)C[C@@H]1CCCN(C)[C@H]1c1cncn1C. The molecule has 0 N–H and O–H groups in total. The Hall–Kier alpha value is -2.15. The van der Waals surface area contributed by atoms with E-state index in [0.29, 0.717) is 17.8 Å². The van der Waals surface area contributed by atoms with Crippen LogP contribution in [-0.2, 0) is 7.05 Å². The zero-order chi connectivity index (χ0) is 18.7. The Labute approximate surface area is 156 Å². The third-order valence-corrected chi connectivity index (χ3v) is 5.03. The van der Waals surface area contributed by atoms with Gasteiger partial charge in [0, 0.05) is 39.2 Å². The van der Waals surface area contributed by atoms with Crippen LogP contribution in [-0.4, -0.2) is 57.7 Å². The van der Waals surface area contributed by atoms with Gasteiger partial charge in [-0.05, 0) is 46.2 Å². The molecule has 26 heavy (non-hydrogen) atoms. The number of nitrogens with zero attached hydrogens (tertiary/aromatic N) is 6. The second-order valence-electron chi connectivity index (χ2n) is 7.49. The smallest absolute Gasteiger partial charge is 0.257 e. The van der Waals surface area contributed by atoms with Crippen LogP contribution < -0.4 is 9.64 Å². The van der Waals surface area contributed by atoms with Gasteiger partial charge in [0.1, 0.15) is 0 Å². The zero-order valence-corrected chi connectivity index (χ0v) is 16.5. The average molecular weight is 358 g/mol. The minimum Gasteiger partial charge on any atom is -0.472 e. The first-order chi connectivity index (χ1) is 12.5. The van der Waals surface area contributed by atoms with Crippen LogP contribution in [0.15, 0.2) is 24.9 Å². The van der Waals surface area contributed by atoms with Crippen molar-refractivity contribution in [2.45, 2.75) is 38.8 Å². The molecule has 2 aromatic heterocycles. The number of likely N-dealkylation sites (tertiary alicyclic amines) is 1. The molecule has 3 heterocycles. The summed E-state index contributed by atoms with van der Waals surface area (Å²) in [4.78, 5) is 17.9. The van der Waals surface area contributed by atoms with Crippen molar-refractivity contribution in [1.29, 1.82) is 0 Å². The molecule has 1 saturated heterocycles. The number of piperidine rings is 1. The van der Waals surface area contributed by atoms with Crippen LogP contribution in [0.1, 0.15) is 38.4 Å². The van der Waals surface area contributed by atoms with Crippen LogP contribution in [0.3, 0.4) is 0 Å². The summed E-state index contributed by atoms with van der Waals surface area (Å²) in [5, 5.41) is 0. The first-order valence-electron chi connectivity index (χ1n) is 9.32. The Kier molecular flexibility index (Phi) is 5.76. The number of hydrogen-bond acceptors (Lipinski definition) is 6. The number of aryl methyl sites for hydroxylation is 1. The summed E-state index contributed by atoms with van der Waals surface area (Å²) in [6.07, 6.45) is 9.75. The fraction of sp³-hybridized carbons (Fsp3) is 0.632. The maximum Gasteiger partial charge on any atom is 0.257 e. The lowest BCUT2D eigenvalue weighted by molar-refractivity contribution is 0.118. The Bertz CT molecular complexity index is 716. The second kappa shape index (κ2) is 8.03. The number of ether oxygens (including phenoxy) is 1. The van der Waals surface area contributed by atoms with E-state index >= 15 is 0 Å². The normalized spacial score (nSPS) is 21.2. The van der Waals surface area contributed by atoms with Gasteiger partial charge in [-0.25, -0.2) is 15.0 Å². The van der Waals surface area contributed by atoms with Crippen LogP contribution in [0.4, 0.5) is 5.82 Å². The van der Waals surface area contributed by atoms with Crippen molar-refractivity contribution in [3.63, 3.8) is 0 Å². The molecule has 142 valence electrons. The predicted octanol–water partition coefficient (Wildman–Crippen LogP) is 2.52. The average Bonchev–Trinajstić information content (AvgIpc) is 3.00. The zero-order valence-electron chi connectivity index (χ0n) is 16.5. The Morgan fingerprint density at radius 3 is 2.73 bits per heavy atom. The molecule has 7 heteroatoms. The number of imidazole rings is 1. The molecule has 7 nitrogen and oxygen atoms in total. The van der Waals surface area contributed by atoms with Crippen molar-refractivity contribution in [3.8, 4) is 5.88 Å². The summed E-state index contributed by atoms with van der Waals surface area (Å²) in [5.74, 6) is 1.90. The first-order valence-corrected chi connectivity index (χ1v) is 9.32. The van der Waals surface area contributed by atoms with Crippen LogP contribution >= 0.6 is 0 Å². The highest BCUT2D eigenvalue weighted by molar-refractivity contribution is 5.47. The highest BCUT2D eigenvalue weighted by Crippen LogP contribution is 2.36. The molecule has 0 radical (unpaired) electrons. The minimum atomic E-state index is 0.0712. The summed E-state index contributed by atoms with van der Waals surface area (Å²) in [5.41, 5.74) is 1.27. The summed E-state index contributed by atoms with van der Waals surface area (Å²) >= 11 is 0. The van der Waals surface area contributed by atoms with Crippen molar-refractivity contribution in [3.05, 3.63) is 30.6 Å². The largest absolute Gasteiger partial charge is 0.472 e. The van der Waals surface area contributed by atoms with Crippen LogP contribution in [0, 0.1) is 5.92 Å². The van der Waals surface area contributed by atoms with E-state index < -0.39 is 0 Å². The Morgan fingerprint density at radius 2 is 2.04 bits per heavy atom. The molecule has 0 saturated carbocycles. The molecule has 1 aliphatic heterocycles. The van der Waals surface area contributed by atoms with Crippen molar-refractivity contribution >= 4 is 5.82 Å². The molecule has 0 unspecified atom stereocenters. The Balaban J connectivity index is 1.81. The summed E-state index contributed by atoms with van der Waals surface area (Å²) in [6, 6.07) is 0.352. The van der Waals surface area contributed by atoms with E-state index in [4.69, 9.17) is 4.74 Å². The quantitative estimate of drug-likeness (QED) is 0.791. The molecule has 3 rings (SSSR count). The number of rotatable bonds is 6. The van der Waals surface area contributed by atoms with Crippen molar-refractivity contribution in [2.24, 2.45) is 13.0 Å². The van der Waals surface area contributed by atoms with E-state index in [1.165, 1.54) is 18.5 Å². The molecular formula is C19H30N6O. The lowest BCUT2D eigenvalue weighted by atomic mass is 9.87. The molecule has 0 spiro atoms. The van der Waals surface area contributed by atoms with E-state index in [-0.39, 0.29) is 6.10 Å². The van der Waals surface area contributed by atoms with Gasteiger partial charge >= 0.3 is 0 Å². The van der Waals surface area contributed by atoms with Crippen molar-refractivity contribution in [1.82, 2.24) is 24.4 Å². The molecule has 2 aromatic rings. The second-order valence-corrected chi connectivity index (χ2v) is 7.49. The molecule has 1 aliphatic rings. The van der Waals surface area contributed by atoms with Gasteiger partial charge in [-0.2, -0.15) is 0 Å². The minimum absolute atomic E-state index is 0.0712. The summed E-state index contributed by atoms with van der Waals surface area (Å²) < 4.78 is 7.99. The van der Waals surface area contributed by atoms with Gasteiger partial charge in [-0.1, -0.05) is 0 Å². The molecule has 0 aliphatic carbocycles. The third kappa shape index (κ3) is 3.98. The van der Waals surface area contributed by atoms with Gasteiger partial charge in [0.2, 0.25) is 0 Å². The van der Waals surface area contributed by atoms with Crippen molar-refractivity contribution in [2.75, 3.05) is 32.1 Å². The first kappa shape index (κ1) is 18.6. The Morgan fingerprint density at radius 1 is 1.27 bits per heavy atom. The van der Waals surface area contributed by atoms with Gasteiger partial charge in [0.05, 0.1) is 24.2 Å². The molecule has 1 fully saturated rings. The number of anilines is 1. The van der Waals surface area contributed by atoms with Crippen molar-refractivity contribution < 1.29 is 4.74 Å². The standard InChI is InChI=1S/C19H30N6O/c1-14(2)26-19-18(21-8-9-22-19)24(4)12-15-7-6-10-23(3)17(15)16-11-20-13-25(16)5/h8-9,11,13-15,17H,6-7,10,12H2,1-5H3/t15-,17+/m0/s1. The predicted molar refractivity (Wildman–Crippen MR) is 102 cm³/mol. The molecular weight excluding hydrogens is 328 g/mol.